The molecule has 138 valence electrons. The Morgan fingerprint density at radius 2 is 1.33 bits per heavy atom. The molecule has 6 unspecified atom stereocenters. The summed E-state index contributed by atoms with van der Waals surface area (Å²) >= 11 is 0. The van der Waals surface area contributed by atoms with Crippen molar-refractivity contribution in [3.05, 3.63) is 0 Å². The second-order valence-electron chi connectivity index (χ2n) is 7.43. The predicted octanol–water partition coefficient (Wildman–Crippen LogP) is 1.55. The van der Waals surface area contributed by atoms with E-state index in [1.54, 1.807) is 0 Å². The first-order valence-corrected chi connectivity index (χ1v) is 9.54. The molecule has 1 aliphatic carbocycles. The maximum absolute atomic E-state index is 5.43. The van der Waals surface area contributed by atoms with Gasteiger partial charge in [-0.3, -0.25) is 0 Å². The van der Waals surface area contributed by atoms with Crippen molar-refractivity contribution in [2.24, 2.45) is 5.92 Å². The molecule has 0 bridgehead atoms. The van der Waals surface area contributed by atoms with Crippen LogP contribution in [0.4, 0.5) is 0 Å². The maximum atomic E-state index is 5.43. The normalized spacial score (nSPS) is 41.0. The Hall–Kier alpha value is -0.240. The second-order valence-corrected chi connectivity index (χ2v) is 7.43. The average Bonchev–Trinajstić information content (AvgIpc) is 3.48. The van der Waals surface area contributed by atoms with Crippen molar-refractivity contribution in [2.45, 2.75) is 62.6 Å². The van der Waals surface area contributed by atoms with Crippen molar-refractivity contribution >= 4 is 0 Å². The summed E-state index contributed by atoms with van der Waals surface area (Å²) in [6, 6.07) is 0. The number of fused-ring (bicyclic) bond motifs is 1. The minimum absolute atomic E-state index is 0.387. The highest BCUT2D eigenvalue weighted by Crippen LogP contribution is 2.43. The molecule has 0 aromatic carbocycles. The molecule has 4 aliphatic heterocycles. The smallest absolute Gasteiger partial charge is 0.104 e. The van der Waals surface area contributed by atoms with Gasteiger partial charge in [0.2, 0.25) is 0 Å². The first kappa shape index (κ1) is 17.2. The van der Waals surface area contributed by atoms with Gasteiger partial charge in [-0.15, -0.1) is 0 Å². The van der Waals surface area contributed by atoms with Gasteiger partial charge >= 0.3 is 0 Å². The molecule has 24 heavy (non-hydrogen) atoms. The number of epoxide rings is 4. The largest absolute Gasteiger partial charge is 0.379 e. The van der Waals surface area contributed by atoms with Gasteiger partial charge in [0, 0.05) is 13.2 Å². The second kappa shape index (κ2) is 8.43. The van der Waals surface area contributed by atoms with Crippen LogP contribution >= 0.6 is 0 Å². The van der Waals surface area contributed by atoms with Gasteiger partial charge in [0.15, 0.2) is 0 Å². The van der Waals surface area contributed by atoms with Crippen molar-refractivity contribution < 1.29 is 28.4 Å². The molecule has 4 heterocycles. The third kappa shape index (κ3) is 6.24. The minimum atomic E-state index is 0.387. The van der Waals surface area contributed by atoms with Crippen LogP contribution in [0.5, 0.6) is 0 Å². The molecule has 5 fully saturated rings. The van der Waals surface area contributed by atoms with E-state index in [1.807, 2.05) is 0 Å². The van der Waals surface area contributed by atoms with E-state index in [1.165, 1.54) is 19.3 Å². The fraction of sp³-hybridized carbons (Fsp3) is 1.00. The summed E-state index contributed by atoms with van der Waals surface area (Å²) in [5.41, 5.74) is 0. The summed E-state index contributed by atoms with van der Waals surface area (Å²) in [6.45, 7) is 5.94. The van der Waals surface area contributed by atoms with Gasteiger partial charge in [0.05, 0.1) is 51.3 Å². The van der Waals surface area contributed by atoms with E-state index in [0.717, 1.165) is 65.0 Å². The van der Waals surface area contributed by atoms with Gasteiger partial charge in [-0.25, -0.2) is 0 Å². The highest BCUT2D eigenvalue weighted by atomic mass is 16.6. The Bertz CT molecular complexity index is 362. The molecule has 0 spiro atoms. The number of ether oxygens (including phenoxy) is 6. The average molecular weight is 342 g/mol. The molecule has 6 atom stereocenters. The lowest BCUT2D eigenvalue weighted by Crippen LogP contribution is -2.17. The van der Waals surface area contributed by atoms with E-state index < -0.39 is 0 Å². The molecule has 6 heteroatoms. The molecule has 5 rings (SSSR count). The zero-order valence-electron chi connectivity index (χ0n) is 14.4. The highest BCUT2D eigenvalue weighted by molar-refractivity contribution is 4.96. The summed E-state index contributed by atoms with van der Waals surface area (Å²) < 4.78 is 31.5. The maximum Gasteiger partial charge on any atom is 0.104 e. The van der Waals surface area contributed by atoms with Crippen LogP contribution in [0.1, 0.15) is 32.1 Å². The van der Waals surface area contributed by atoms with Crippen LogP contribution in [0.3, 0.4) is 0 Å². The van der Waals surface area contributed by atoms with E-state index in [-0.39, 0.29) is 0 Å². The van der Waals surface area contributed by atoms with Crippen LogP contribution in [-0.4, -0.2) is 76.8 Å². The number of hydrogen-bond donors (Lipinski definition) is 0. The van der Waals surface area contributed by atoms with Crippen molar-refractivity contribution in [2.75, 3.05) is 46.2 Å². The third-order valence-electron chi connectivity index (χ3n) is 5.17. The standard InChI is InChI=1S/C10H18O4.C8H12O2/c1(3-11-5-9-7-13-9)2-4-12-6-10-8-14-10;1-2-6-7(10-6)3-5(1)8-4-9-8/h9-10H,1-8H2;5-8H,1-4H2. The third-order valence-corrected chi connectivity index (χ3v) is 5.17. The molecular weight excluding hydrogens is 312 g/mol. The summed E-state index contributed by atoms with van der Waals surface area (Å²) in [6.07, 6.45) is 8.70. The zero-order chi connectivity index (χ0) is 16.2. The first-order valence-electron chi connectivity index (χ1n) is 9.54. The van der Waals surface area contributed by atoms with Gasteiger partial charge in [-0.2, -0.15) is 0 Å². The first-order chi connectivity index (χ1) is 11.9. The van der Waals surface area contributed by atoms with Gasteiger partial charge in [-0.05, 0) is 38.0 Å². The van der Waals surface area contributed by atoms with Crippen molar-refractivity contribution in [3.8, 4) is 0 Å². The van der Waals surface area contributed by atoms with Crippen LogP contribution in [-0.2, 0) is 28.4 Å². The lowest BCUT2D eigenvalue weighted by atomic mass is 9.87. The highest BCUT2D eigenvalue weighted by Gasteiger charge is 2.48. The molecule has 5 aliphatic rings. The van der Waals surface area contributed by atoms with Gasteiger partial charge in [-0.1, -0.05) is 0 Å². The van der Waals surface area contributed by atoms with E-state index >= 15 is 0 Å². The van der Waals surface area contributed by atoms with Gasteiger partial charge in [0.1, 0.15) is 12.2 Å². The number of rotatable bonds is 10. The lowest BCUT2D eigenvalue weighted by molar-refractivity contribution is 0.0885. The fourth-order valence-corrected chi connectivity index (χ4v) is 3.27. The van der Waals surface area contributed by atoms with E-state index in [4.69, 9.17) is 28.4 Å². The van der Waals surface area contributed by atoms with Crippen molar-refractivity contribution in [1.82, 2.24) is 0 Å². The number of hydrogen-bond acceptors (Lipinski definition) is 6. The fourth-order valence-electron chi connectivity index (χ4n) is 3.27. The molecule has 4 saturated heterocycles. The summed E-state index contributed by atoms with van der Waals surface area (Å²) in [7, 11) is 0. The van der Waals surface area contributed by atoms with E-state index in [9.17, 15) is 0 Å². The van der Waals surface area contributed by atoms with Crippen LogP contribution in [0.15, 0.2) is 0 Å². The Balaban J connectivity index is 0.000000127. The molecule has 0 aromatic heterocycles. The van der Waals surface area contributed by atoms with Gasteiger partial charge in [0.25, 0.3) is 0 Å². The number of unbranched alkanes of at least 4 members (excludes halogenated alkanes) is 1. The Morgan fingerprint density at radius 3 is 1.83 bits per heavy atom. The van der Waals surface area contributed by atoms with Crippen LogP contribution in [0.25, 0.3) is 0 Å². The van der Waals surface area contributed by atoms with Crippen LogP contribution < -0.4 is 0 Å². The summed E-state index contributed by atoms with van der Waals surface area (Å²) in [5.74, 6) is 0.837. The molecule has 0 amide bonds. The van der Waals surface area contributed by atoms with Crippen LogP contribution in [0.2, 0.25) is 0 Å². The Morgan fingerprint density at radius 1 is 0.708 bits per heavy atom. The predicted molar refractivity (Wildman–Crippen MR) is 86.1 cm³/mol. The Labute approximate surface area is 144 Å². The van der Waals surface area contributed by atoms with Crippen molar-refractivity contribution in [1.29, 1.82) is 0 Å². The molecular formula is C18H30O6. The summed E-state index contributed by atoms with van der Waals surface area (Å²) in [5, 5.41) is 0. The molecule has 6 nitrogen and oxygen atoms in total. The molecule has 0 aromatic rings. The topological polar surface area (TPSA) is 68.6 Å². The van der Waals surface area contributed by atoms with E-state index in [2.05, 4.69) is 0 Å². The lowest BCUT2D eigenvalue weighted by Gasteiger charge is -2.15. The quantitative estimate of drug-likeness (QED) is 0.443. The van der Waals surface area contributed by atoms with E-state index in [0.29, 0.717) is 30.5 Å². The Kier molecular flexibility index (Phi) is 6.04. The zero-order valence-corrected chi connectivity index (χ0v) is 14.4. The van der Waals surface area contributed by atoms with Crippen LogP contribution in [0, 0.1) is 5.92 Å². The molecule has 0 N–H and O–H groups in total. The molecule has 0 radical (unpaired) electrons. The van der Waals surface area contributed by atoms with Gasteiger partial charge < -0.3 is 28.4 Å². The minimum Gasteiger partial charge on any atom is -0.379 e. The molecule has 1 saturated carbocycles. The summed E-state index contributed by atoms with van der Waals surface area (Å²) in [4.78, 5) is 0. The van der Waals surface area contributed by atoms with Crippen molar-refractivity contribution in [3.63, 3.8) is 0 Å². The monoisotopic (exact) mass is 342 g/mol. The SMILES string of the molecule is C(CCOCC1CO1)COCC1CO1.C1CC2OC2CC1C1CO1.